The largest absolute Gasteiger partial charge is 0.452 e. The number of aldehydes is 1. The molecule has 0 bridgehead atoms. The zero-order valence-corrected chi connectivity index (χ0v) is 13.9. The first-order valence-electron chi connectivity index (χ1n) is 6.34. The van der Waals surface area contributed by atoms with Crippen molar-refractivity contribution in [1.82, 2.24) is 0 Å². The van der Waals surface area contributed by atoms with E-state index in [4.69, 9.17) is 9.15 Å². The summed E-state index contributed by atoms with van der Waals surface area (Å²) in [5.41, 5.74) is 0.338. The molecule has 2 rings (SSSR count). The first-order chi connectivity index (χ1) is 9.77. The van der Waals surface area contributed by atoms with E-state index < -0.39 is 11.6 Å². The van der Waals surface area contributed by atoms with Crippen molar-refractivity contribution in [3.8, 4) is 0 Å². The van der Waals surface area contributed by atoms with Crippen LogP contribution >= 0.6 is 15.9 Å². The molecule has 21 heavy (non-hydrogen) atoms. The van der Waals surface area contributed by atoms with Gasteiger partial charge in [0, 0.05) is 21.5 Å². The van der Waals surface area contributed by atoms with Crippen LogP contribution in [0.5, 0.6) is 0 Å². The number of rotatable bonds is 2. The van der Waals surface area contributed by atoms with Crippen LogP contribution < -0.4 is 4.90 Å². The van der Waals surface area contributed by atoms with Gasteiger partial charge in [0.2, 0.25) is 5.88 Å². The van der Waals surface area contributed by atoms with E-state index in [1.54, 1.807) is 12.1 Å². The van der Waals surface area contributed by atoms with Gasteiger partial charge in [0.25, 0.3) is 0 Å². The molecule has 2 aromatic rings. The maximum atomic E-state index is 12.0. The molecular formula is C15H16BrNO4. The van der Waals surface area contributed by atoms with E-state index in [1.165, 1.54) is 12.0 Å². The lowest BCUT2D eigenvalue weighted by molar-refractivity contribution is 0.112. The van der Waals surface area contributed by atoms with Gasteiger partial charge in [-0.25, -0.2) is 9.69 Å². The highest BCUT2D eigenvalue weighted by Crippen LogP contribution is 2.34. The van der Waals surface area contributed by atoms with E-state index in [0.29, 0.717) is 17.0 Å². The Kier molecular flexibility index (Phi) is 4.09. The molecule has 112 valence electrons. The van der Waals surface area contributed by atoms with Gasteiger partial charge < -0.3 is 9.15 Å². The van der Waals surface area contributed by atoms with Gasteiger partial charge in [-0.2, -0.15) is 0 Å². The van der Waals surface area contributed by atoms with E-state index >= 15 is 0 Å². The Bertz CT molecular complexity index is 699. The number of furan rings is 1. The van der Waals surface area contributed by atoms with Gasteiger partial charge in [-0.15, -0.1) is 0 Å². The number of ether oxygens (including phenoxy) is 1. The third-order valence-electron chi connectivity index (χ3n) is 2.97. The lowest BCUT2D eigenvalue weighted by Crippen LogP contribution is -2.45. The van der Waals surface area contributed by atoms with Crippen LogP contribution in [0.2, 0.25) is 0 Å². The second kappa shape index (κ2) is 5.52. The molecular weight excluding hydrogens is 338 g/mol. The molecule has 0 aliphatic carbocycles. The average molecular weight is 354 g/mol. The van der Waals surface area contributed by atoms with Crippen molar-refractivity contribution in [2.24, 2.45) is 0 Å². The molecule has 6 heteroatoms. The highest BCUT2D eigenvalue weighted by Gasteiger charge is 2.32. The van der Waals surface area contributed by atoms with Crippen molar-refractivity contribution in [2.75, 3.05) is 12.0 Å². The summed E-state index contributed by atoms with van der Waals surface area (Å²) in [5.74, 6) is 0.338. The quantitative estimate of drug-likeness (QED) is 0.751. The van der Waals surface area contributed by atoms with Gasteiger partial charge in [-0.05, 0) is 32.9 Å². The molecule has 1 aromatic heterocycles. The summed E-state index contributed by atoms with van der Waals surface area (Å²) in [7, 11) is 1.32. The summed E-state index contributed by atoms with van der Waals surface area (Å²) >= 11 is 3.35. The summed E-state index contributed by atoms with van der Waals surface area (Å²) < 4.78 is 11.3. The monoisotopic (exact) mass is 353 g/mol. The minimum atomic E-state index is -0.528. The Balaban J connectivity index is 2.65. The Morgan fingerprint density at radius 3 is 2.52 bits per heavy atom. The standard InChI is InChI=1S/C15H16BrNO4/c1-15(2,3)17(14(19)20-4)12-7-9-5-11(16)6-10(8-18)13(9)21-12/h5-8H,1-4H3. The van der Waals surface area contributed by atoms with E-state index in [0.717, 1.165) is 16.1 Å². The third kappa shape index (κ3) is 2.95. The van der Waals surface area contributed by atoms with Crippen molar-refractivity contribution >= 4 is 45.2 Å². The Hall–Kier alpha value is -1.82. The third-order valence-corrected chi connectivity index (χ3v) is 3.43. The number of carbonyl (C=O) groups is 2. The minimum Gasteiger partial charge on any atom is -0.452 e. The van der Waals surface area contributed by atoms with Gasteiger partial charge >= 0.3 is 6.09 Å². The Morgan fingerprint density at radius 1 is 1.33 bits per heavy atom. The Labute approximate surface area is 131 Å². The number of hydrogen-bond acceptors (Lipinski definition) is 4. The normalized spacial score (nSPS) is 11.5. The van der Waals surface area contributed by atoms with Crippen molar-refractivity contribution in [2.45, 2.75) is 26.3 Å². The number of halogens is 1. The number of hydrogen-bond donors (Lipinski definition) is 0. The fourth-order valence-electron chi connectivity index (χ4n) is 2.11. The van der Waals surface area contributed by atoms with Gasteiger partial charge in [0.15, 0.2) is 6.29 Å². The number of amides is 1. The second-order valence-corrected chi connectivity index (χ2v) is 6.51. The molecule has 1 amide bonds. The average Bonchev–Trinajstić information content (AvgIpc) is 2.78. The Morgan fingerprint density at radius 2 is 2.00 bits per heavy atom. The van der Waals surface area contributed by atoms with Crippen molar-refractivity contribution in [1.29, 1.82) is 0 Å². The molecule has 0 N–H and O–H groups in total. The first kappa shape index (κ1) is 15.6. The summed E-state index contributed by atoms with van der Waals surface area (Å²) in [6.07, 6.45) is 0.202. The highest BCUT2D eigenvalue weighted by molar-refractivity contribution is 9.10. The second-order valence-electron chi connectivity index (χ2n) is 5.59. The van der Waals surface area contributed by atoms with Crippen LogP contribution in [0.4, 0.5) is 10.7 Å². The number of nitrogens with zero attached hydrogens (tertiary/aromatic N) is 1. The van der Waals surface area contributed by atoms with Gasteiger partial charge in [-0.1, -0.05) is 15.9 Å². The summed E-state index contributed by atoms with van der Waals surface area (Å²) in [6, 6.07) is 5.21. The van der Waals surface area contributed by atoms with Gasteiger partial charge in [-0.3, -0.25) is 4.79 Å². The van der Waals surface area contributed by atoms with Gasteiger partial charge in [0.05, 0.1) is 12.7 Å². The fourth-order valence-corrected chi connectivity index (χ4v) is 2.61. The molecule has 0 saturated heterocycles. The van der Waals surface area contributed by atoms with E-state index in [1.807, 2.05) is 26.8 Å². The summed E-state index contributed by atoms with van der Waals surface area (Å²) in [4.78, 5) is 24.6. The van der Waals surface area contributed by atoms with Crippen LogP contribution in [0.25, 0.3) is 11.0 Å². The molecule has 1 heterocycles. The van der Waals surface area contributed by atoms with Crippen LogP contribution in [0.15, 0.2) is 27.1 Å². The van der Waals surface area contributed by atoms with Crippen LogP contribution in [-0.2, 0) is 4.74 Å². The first-order valence-corrected chi connectivity index (χ1v) is 7.13. The van der Waals surface area contributed by atoms with E-state index in [2.05, 4.69) is 15.9 Å². The number of anilines is 1. The molecule has 1 aromatic carbocycles. The number of carbonyl (C=O) groups excluding carboxylic acids is 2. The maximum absolute atomic E-state index is 12.0. The van der Waals surface area contributed by atoms with Crippen LogP contribution in [0, 0.1) is 0 Å². The zero-order valence-electron chi connectivity index (χ0n) is 12.3. The SMILES string of the molecule is COC(=O)N(c1cc2cc(Br)cc(C=O)c2o1)C(C)(C)C. The molecule has 0 aliphatic heterocycles. The van der Waals surface area contributed by atoms with Crippen molar-refractivity contribution < 1.29 is 18.7 Å². The zero-order chi connectivity index (χ0) is 15.8. The maximum Gasteiger partial charge on any atom is 0.416 e. The van der Waals surface area contributed by atoms with Crippen LogP contribution in [0.3, 0.4) is 0 Å². The predicted octanol–water partition coefficient (Wildman–Crippen LogP) is 4.38. The smallest absolute Gasteiger partial charge is 0.416 e. The predicted molar refractivity (Wildman–Crippen MR) is 83.9 cm³/mol. The van der Waals surface area contributed by atoms with E-state index in [-0.39, 0.29) is 0 Å². The molecule has 0 aliphatic rings. The lowest BCUT2D eigenvalue weighted by Gasteiger charge is -2.31. The van der Waals surface area contributed by atoms with Crippen molar-refractivity contribution in [3.05, 3.63) is 28.2 Å². The molecule has 0 fully saturated rings. The van der Waals surface area contributed by atoms with Gasteiger partial charge in [0.1, 0.15) is 5.58 Å². The van der Waals surface area contributed by atoms with Crippen LogP contribution in [0.1, 0.15) is 31.1 Å². The van der Waals surface area contributed by atoms with Crippen molar-refractivity contribution in [3.63, 3.8) is 0 Å². The molecule has 5 nitrogen and oxygen atoms in total. The number of methoxy groups -OCH3 is 1. The molecule has 0 saturated carbocycles. The lowest BCUT2D eigenvalue weighted by atomic mass is 10.1. The topological polar surface area (TPSA) is 59.8 Å². The molecule has 0 spiro atoms. The fraction of sp³-hybridized carbons (Fsp3) is 0.333. The summed E-state index contributed by atoms with van der Waals surface area (Å²) in [6.45, 7) is 5.61. The molecule has 0 atom stereocenters. The molecule has 0 unspecified atom stereocenters. The molecule has 0 radical (unpaired) electrons. The minimum absolute atomic E-state index is 0.338. The highest BCUT2D eigenvalue weighted by atomic mass is 79.9. The van der Waals surface area contributed by atoms with E-state index in [9.17, 15) is 9.59 Å². The summed E-state index contributed by atoms with van der Waals surface area (Å²) in [5, 5.41) is 0.736. The number of fused-ring (bicyclic) bond motifs is 1. The number of benzene rings is 1. The van der Waals surface area contributed by atoms with Crippen LogP contribution in [-0.4, -0.2) is 25.0 Å².